The highest BCUT2D eigenvalue weighted by Crippen LogP contribution is 2.10. The van der Waals surface area contributed by atoms with Gasteiger partial charge in [0.1, 0.15) is 5.82 Å². The first-order valence-electron chi connectivity index (χ1n) is 5.68. The molecule has 0 aliphatic rings. The maximum Gasteiger partial charge on any atom is 0.222 e. The van der Waals surface area contributed by atoms with E-state index in [0.29, 0.717) is 18.5 Å². The van der Waals surface area contributed by atoms with E-state index in [1.54, 1.807) is 30.1 Å². The summed E-state index contributed by atoms with van der Waals surface area (Å²) in [5, 5.41) is 0.914. The van der Waals surface area contributed by atoms with Crippen molar-refractivity contribution < 1.29 is 9.18 Å². The second kappa shape index (κ2) is 7.43. The number of amides is 1. The van der Waals surface area contributed by atoms with E-state index in [1.807, 2.05) is 0 Å². The Morgan fingerprint density at radius 1 is 1.35 bits per heavy atom. The number of rotatable bonds is 6. The first-order valence-corrected chi connectivity index (χ1v) is 6.80. The normalized spacial score (nSPS) is 10.3. The quantitative estimate of drug-likeness (QED) is 0.583. The molecule has 0 saturated heterocycles. The van der Waals surface area contributed by atoms with Gasteiger partial charge in [0.25, 0.3) is 0 Å². The molecule has 0 radical (unpaired) electrons. The van der Waals surface area contributed by atoms with E-state index in [2.05, 4.69) is 15.9 Å². The zero-order valence-corrected chi connectivity index (χ0v) is 11.5. The van der Waals surface area contributed by atoms with Crippen molar-refractivity contribution in [2.45, 2.75) is 25.8 Å². The minimum absolute atomic E-state index is 0.0641. The Labute approximate surface area is 110 Å². The van der Waals surface area contributed by atoms with Crippen molar-refractivity contribution in [2.75, 3.05) is 12.4 Å². The fraction of sp³-hybridized carbons (Fsp3) is 0.462. The van der Waals surface area contributed by atoms with E-state index >= 15 is 0 Å². The van der Waals surface area contributed by atoms with Crippen LogP contribution in [0.1, 0.15) is 24.8 Å². The highest BCUT2D eigenvalue weighted by molar-refractivity contribution is 9.09. The molecule has 17 heavy (non-hydrogen) atoms. The van der Waals surface area contributed by atoms with Crippen LogP contribution in [0, 0.1) is 5.82 Å². The summed E-state index contributed by atoms with van der Waals surface area (Å²) in [6.07, 6.45) is 2.38. The molecule has 0 N–H and O–H groups in total. The molecule has 0 aliphatic carbocycles. The first kappa shape index (κ1) is 14.2. The van der Waals surface area contributed by atoms with Gasteiger partial charge in [0, 0.05) is 30.9 Å². The lowest BCUT2D eigenvalue weighted by molar-refractivity contribution is -0.130. The van der Waals surface area contributed by atoms with Gasteiger partial charge in [0.15, 0.2) is 0 Å². The van der Waals surface area contributed by atoms with E-state index in [1.165, 1.54) is 6.07 Å². The van der Waals surface area contributed by atoms with Crippen molar-refractivity contribution in [1.82, 2.24) is 4.90 Å². The summed E-state index contributed by atoms with van der Waals surface area (Å²) in [5.74, 6) is -0.193. The van der Waals surface area contributed by atoms with E-state index in [-0.39, 0.29) is 11.7 Å². The molecule has 0 fully saturated rings. The minimum Gasteiger partial charge on any atom is -0.341 e. The molecule has 1 aromatic carbocycles. The molecule has 0 unspecified atom stereocenters. The zero-order valence-electron chi connectivity index (χ0n) is 9.96. The number of carbonyl (C=O) groups excluding carboxylic acids is 1. The summed E-state index contributed by atoms with van der Waals surface area (Å²) in [4.78, 5) is 13.3. The van der Waals surface area contributed by atoms with Crippen molar-refractivity contribution in [3.63, 3.8) is 0 Å². The molecule has 1 amide bonds. The predicted molar refractivity (Wildman–Crippen MR) is 70.5 cm³/mol. The lowest BCUT2D eigenvalue weighted by Gasteiger charge is -2.17. The Kier molecular flexibility index (Phi) is 6.19. The van der Waals surface area contributed by atoms with Gasteiger partial charge in [-0.25, -0.2) is 4.39 Å². The number of unbranched alkanes of at least 4 members (excludes halogenated alkanes) is 1. The number of hydrogen-bond acceptors (Lipinski definition) is 1. The standard InChI is InChI=1S/C13H17BrFNO/c1-16(13(17)8-4-5-9-14)10-11-6-2-3-7-12(11)15/h2-3,6-7H,4-5,8-10H2,1H3. The summed E-state index contributed by atoms with van der Waals surface area (Å²) in [6.45, 7) is 0.333. The third-order valence-corrected chi connectivity index (χ3v) is 3.13. The number of alkyl halides is 1. The number of benzene rings is 1. The molecule has 1 aromatic rings. The molecule has 0 spiro atoms. The third kappa shape index (κ3) is 4.86. The lowest BCUT2D eigenvalue weighted by Crippen LogP contribution is -2.26. The van der Waals surface area contributed by atoms with Crippen LogP contribution in [0.2, 0.25) is 0 Å². The molecular weight excluding hydrogens is 285 g/mol. The minimum atomic E-state index is -0.257. The second-order valence-electron chi connectivity index (χ2n) is 3.99. The third-order valence-electron chi connectivity index (χ3n) is 2.57. The second-order valence-corrected chi connectivity index (χ2v) is 4.78. The van der Waals surface area contributed by atoms with E-state index in [9.17, 15) is 9.18 Å². The van der Waals surface area contributed by atoms with Crippen LogP contribution in [0.3, 0.4) is 0 Å². The van der Waals surface area contributed by atoms with Gasteiger partial charge < -0.3 is 4.90 Å². The Hall–Kier alpha value is -0.900. The predicted octanol–water partition coefficient (Wildman–Crippen LogP) is 3.35. The smallest absolute Gasteiger partial charge is 0.222 e. The zero-order chi connectivity index (χ0) is 12.7. The average molecular weight is 302 g/mol. The molecular formula is C13H17BrFNO. The first-order chi connectivity index (χ1) is 8.15. The van der Waals surface area contributed by atoms with E-state index < -0.39 is 0 Å². The summed E-state index contributed by atoms with van der Waals surface area (Å²) in [6, 6.07) is 6.55. The molecule has 2 nitrogen and oxygen atoms in total. The number of halogens is 2. The van der Waals surface area contributed by atoms with Crippen molar-refractivity contribution in [1.29, 1.82) is 0 Å². The van der Waals surface area contributed by atoms with Gasteiger partial charge in [-0.1, -0.05) is 34.1 Å². The van der Waals surface area contributed by atoms with Crippen LogP contribution < -0.4 is 0 Å². The molecule has 0 aliphatic heterocycles. The molecule has 94 valence electrons. The summed E-state index contributed by atoms with van der Waals surface area (Å²) < 4.78 is 13.4. The van der Waals surface area contributed by atoms with Crippen LogP contribution in [0.15, 0.2) is 24.3 Å². The molecule has 1 rings (SSSR count). The molecule has 0 atom stereocenters. The van der Waals surface area contributed by atoms with Gasteiger partial charge in [0.2, 0.25) is 5.91 Å². The van der Waals surface area contributed by atoms with E-state index in [0.717, 1.165) is 18.2 Å². The maximum absolute atomic E-state index is 13.4. The van der Waals surface area contributed by atoms with Crippen LogP contribution in [0.25, 0.3) is 0 Å². The number of hydrogen-bond donors (Lipinski definition) is 0. The number of nitrogens with zero attached hydrogens (tertiary/aromatic N) is 1. The van der Waals surface area contributed by atoms with Crippen molar-refractivity contribution >= 4 is 21.8 Å². The van der Waals surface area contributed by atoms with Gasteiger partial charge in [0.05, 0.1) is 0 Å². The van der Waals surface area contributed by atoms with Crippen LogP contribution in [-0.4, -0.2) is 23.2 Å². The fourth-order valence-corrected chi connectivity index (χ4v) is 1.93. The summed E-state index contributed by atoms with van der Waals surface area (Å²) in [5.41, 5.74) is 0.559. The van der Waals surface area contributed by atoms with Gasteiger partial charge in [-0.05, 0) is 18.9 Å². The van der Waals surface area contributed by atoms with Gasteiger partial charge in [-0.3, -0.25) is 4.79 Å². The number of carbonyl (C=O) groups is 1. The maximum atomic E-state index is 13.4. The monoisotopic (exact) mass is 301 g/mol. The van der Waals surface area contributed by atoms with Crippen LogP contribution in [0.4, 0.5) is 4.39 Å². The average Bonchev–Trinajstić information content (AvgIpc) is 2.32. The van der Waals surface area contributed by atoms with Gasteiger partial charge in [-0.2, -0.15) is 0 Å². The topological polar surface area (TPSA) is 20.3 Å². The van der Waals surface area contributed by atoms with Crippen LogP contribution >= 0.6 is 15.9 Å². The Morgan fingerprint density at radius 3 is 2.71 bits per heavy atom. The highest BCUT2D eigenvalue weighted by Gasteiger charge is 2.10. The summed E-state index contributed by atoms with van der Waals surface area (Å²) >= 11 is 3.33. The Morgan fingerprint density at radius 2 is 2.06 bits per heavy atom. The molecule has 4 heteroatoms. The lowest BCUT2D eigenvalue weighted by atomic mass is 10.2. The van der Waals surface area contributed by atoms with Gasteiger partial charge >= 0.3 is 0 Å². The molecule has 0 aromatic heterocycles. The van der Waals surface area contributed by atoms with Gasteiger partial charge in [-0.15, -0.1) is 0 Å². The van der Waals surface area contributed by atoms with Crippen molar-refractivity contribution in [3.8, 4) is 0 Å². The molecule has 0 bridgehead atoms. The van der Waals surface area contributed by atoms with Crippen LogP contribution in [-0.2, 0) is 11.3 Å². The Balaban J connectivity index is 2.46. The largest absolute Gasteiger partial charge is 0.341 e. The highest BCUT2D eigenvalue weighted by atomic mass is 79.9. The Bertz CT molecular complexity index is 370. The summed E-state index contributed by atoms with van der Waals surface area (Å²) in [7, 11) is 1.71. The van der Waals surface area contributed by atoms with E-state index in [4.69, 9.17) is 0 Å². The van der Waals surface area contributed by atoms with Crippen molar-refractivity contribution in [2.24, 2.45) is 0 Å². The fourth-order valence-electron chi connectivity index (χ4n) is 1.53. The van der Waals surface area contributed by atoms with Crippen LogP contribution in [0.5, 0.6) is 0 Å². The molecule has 0 heterocycles. The SMILES string of the molecule is CN(Cc1ccccc1F)C(=O)CCCCBr. The van der Waals surface area contributed by atoms with Crippen molar-refractivity contribution in [3.05, 3.63) is 35.6 Å². The molecule has 0 saturated carbocycles.